The molecule has 1 unspecified atom stereocenters. The third-order valence-electron chi connectivity index (χ3n) is 6.42. The number of imide groups is 1. The standard InChI is InChI=1S/C28H21N7O5/c1-40-20-12-13-22(23(15-20)35(38)39)34-28(30-17-29)31-24-21(14-18-8-4-2-5-9-18)26(36)33(27(37)25(24)32-34)16-19-10-6-3-7-11-19/h2-13,15,21H,14,16H2,1H3. The van der Waals surface area contributed by atoms with Crippen molar-refractivity contribution >= 4 is 17.5 Å². The predicted molar refractivity (Wildman–Crippen MR) is 140 cm³/mol. The molecule has 198 valence electrons. The Morgan fingerprint density at radius 3 is 2.35 bits per heavy atom. The van der Waals surface area contributed by atoms with Crippen molar-refractivity contribution in [3.8, 4) is 17.6 Å². The molecular weight excluding hydrogens is 514 g/mol. The lowest BCUT2D eigenvalue weighted by Crippen LogP contribution is -2.48. The number of nitro groups is 1. The van der Waals surface area contributed by atoms with Gasteiger partial charge < -0.3 is 4.74 Å². The van der Waals surface area contributed by atoms with Gasteiger partial charge in [0.05, 0.1) is 36.3 Å². The highest BCUT2D eigenvalue weighted by Crippen LogP contribution is 2.32. The van der Waals surface area contributed by atoms with Crippen LogP contribution in [-0.2, 0) is 17.8 Å². The van der Waals surface area contributed by atoms with Crippen molar-refractivity contribution in [2.45, 2.75) is 18.9 Å². The second-order valence-electron chi connectivity index (χ2n) is 8.84. The van der Waals surface area contributed by atoms with E-state index in [0.717, 1.165) is 20.7 Å². The van der Waals surface area contributed by atoms with Crippen LogP contribution < -0.4 is 10.4 Å². The lowest BCUT2D eigenvalue weighted by Gasteiger charge is -2.31. The number of carbonyl (C=O) groups excluding carboxylic acids is 2. The zero-order valence-electron chi connectivity index (χ0n) is 21.2. The number of amides is 2. The summed E-state index contributed by atoms with van der Waals surface area (Å²) in [6, 6.07) is 22.2. The third-order valence-corrected chi connectivity index (χ3v) is 6.42. The van der Waals surface area contributed by atoms with Crippen molar-refractivity contribution in [2.24, 2.45) is 4.99 Å². The monoisotopic (exact) mass is 535 g/mol. The number of ether oxygens (including phenoxy) is 1. The number of rotatable bonds is 7. The van der Waals surface area contributed by atoms with E-state index in [-0.39, 0.29) is 41.4 Å². The Morgan fingerprint density at radius 2 is 1.73 bits per heavy atom. The van der Waals surface area contributed by atoms with E-state index in [0.29, 0.717) is 0 Å². The van der Waals surface area contributed by atoms with Gasteiger partial charge in [0.25, 0.3) is 17.2 Å². The minimum Gasteiger partial charge on any atom is -0.496 e. The van der Waals surface area contributed by atoms with Crippen molar-refractivity contribution in [1.82, 2.24) is 19.7 Å². The number of nitriles is 1. The Morgan fingerprint density at radius 1 is 1.05 bits per heavy atom. The quantitative estimate of drug-likeness (QED) is 0.151. The Balaban J connectivity index is 1.73. The summed E-state index contributed by atoms with van der Waals surface area (Å²) in [6.07, 6.45) is 1.83. The highest BCUT2D eigenvalue weighted by atomic mass is 16.6. The molecule has 2 amide bonds. The zero-order chi connectivity index (χ0) is 28.2. The van der Waals surface area contributed by atoms with Gasteiger partial charge >= 0.3 is 0 Å². The number of nitrogens with zero attached hydrogens (tertiary/aromatic N) is 7. The Bertz CT molecular complexity index is 1730. The van der Waals surface area contributed by atoms with Gasteiger partial charge in [-0.05, 0) is 29.7 Å². The fourth-order valence-electron chi connectivity index (χ4n) is 4.52. The number of benzene rings is 3. The maximum absolute atomic E-state index is 13.8. The molecule has 4 aromatic rings. The largest absolute Gasteiger partial charge is 0.496 e. The molecular formula is C28H21N7O5. The highest BCUT2D eigenvalue weighted by molar-refractivity contribution is 6.10. The van der Waals surface area contributed by atoms with Crippen LogP contribution in [-0.4, -0.2) is 43.5 Å². The number of hydrogen-bond acceptors (Lipinski definition) is 9. The Labute approximate surface area is 227 Å². The van der Waals surface area contributed by atoms with Gasteiger partial charge in [0.2, 0.25) is 12.1 Å². The number of methoxy groups -OCH3 is 1. The summed E-state index contributed by atoms with van der Waals surface area (Å²) in [6.45, 7) is -0.00206. The molecule has 0 N–H and O–H groups in total. The van der Waals surface area contributed by atoms with Crippen LogP contribution in [0.25, 0.3) is 5.69 Å². The first-order valence-electron chi connectivity index (χ1n) is 12.1. The Hall–Kier alpha value is -5.70. The molecule has 3 aromatic carbocycles. The van der Waals surface area contributed by atoms with Gasteiger partial charge in [-0.2, -0.15) is 15.0 Å². The Kier molecular flexibility index (Phi) is 7.10. The maximum Gasteiger partial charge on any atom is 0.298 e. The van der Waals surface area contributed by atoms with Crippen molar-refractivity contribution in [1.29, 1.82) is 5.26 Å². The van der Waals surface area contributed by atoms with E-state index in [1.54, 1.807) is 30.5 Å². The summed E-state index contributed by atoms with van der Waals surface area (Å²) in [5.41, 5.74) is 0.619. The second-order valence-corrected chi connectivity index (χ2v) is 8.84. The molecule has 1 aliphatic heterocycles. The number of hydrogen-bond donors (Lipinski definition) is 0. The van der Waals surface area contributed by atoms with E-state index in [1.807, 2.05) is 36.4 Å². The average molecular weight is 536 g/mol. The van der Waals surface area contributed by atoms with Crippen LogP contribution in [0.15, 0.2) is 83.9 Å². The molecule has 0 saturated heterocycles. The summed E-state index contributed by atoms with van der Waals surface area (Å²) in [5, 5.41) is 25.7. The van der Waals surface area contributed by atoms with E-state index >= 15 is 0 Å². The number of carbonyl (C=O) groups is 2. The second kappa shape index (κ2) is 11.0. The molecule has 0 saturated carbocycles. The van der Waals surface area contributed by atoms with E-state index in [9.17, 15) is 25.0 Å². The normalized spacial score (nSPS) is 14.9. The first kappa shape index (κ1) is 25.9. The van der Waals surface area contributed by atoms with E-state index in [2.05, 4.69) is 15.1 Å². The van der Waals surface area contributed by atoms with Gasteiger partial charge in [-0.25, -0.2) is 4.98 Å². The topological polar surface area (TPSA) is 157 Å². The summed E-state index contributed by atoms with van der Waals surface area (Å²) < 4.78 is 6.08. The maximum atomic E-state index is 13.8. The fourth-order valence-corrected chi connectivity index (χ4v) is 4.52. The van der Waals surface area contributed by atoms with E-state index < -0.39 is 28.3 Å². The van der Waals surface area contributed by atoms with Gasteiger partial charge in [0.15, 0.2) is 5.69 Å². The van der Waals surface area contributed by atoms with Crippen LogP contribution in [0.5, 0.6) is 5.75 Å². The van der Waals surface area contributed by atoms with Gasteiger partial charge in [0.1, 0.15) is 11.4 Å². The number of fused-ring (bicyclic) bond motifs is 1. The molecule has 0 aliphatic carbocycles. The first-order valence-corrected chi connectivity index (χ1v) is 12.1. The predicted octanol–water partition coefficient (Wildman–Crippen LogP) is 3.07. The van der Waals surface area contributed by atoms with Crippen LogP contribution >= 0.6 is 0 Å². The lowest BCUT2D eigenvalue weighted by molar-refractivity contribution is -0.384. The van der Waals surface area contributed by atoms with Crippen molar-refractivity contribution in [3.05, 3.63) is 117 Å². The molecule has 1 aromatic heterocycles. The molecule has 40 heavy (non-hydrogen) atoms. The number of nitro benzene ring substituents is 1. The molecule has 0 fully saturated rings. The lowest BCUT2D eigenvalue weighted by atomic mass is 9.90. The summed E-state index contributed by atoms with van der Waals surface area (Å²) >= 11 is 0. The zero-order valence-corrected chi connectivity index (χ0v) is 21.2. The first-order chi connectivity index (χ1) is 19.4. The van der Waals surface area contributed by atoms with Crippen molar-refractivity contribution in [3.63, 3.8) is 0 Å². The summed E-state index contributed by atoms with van der Waals surface area (Å²) in [7, 11) is 1.37. The van der Waals surface area contributed by atoms with Crippen LogP contribution in [0, 0.1) is 21.6 Å². The smallest absolute Gasteiger partial charge is 0.298 e. The summed E-state index contributed by atoms with van der Waals surface area (Å²) in [5.74, 6) is -1.89. The van der Waals surface area contributed by atoms with Gasteiger partial charge in [-0.3, -0.25) is 24.6 Å². The molecule has 1 aliphatic rings. The fraction of sp³-hybridized carbons (Fsp3) is 0.143. The van der Waals surface area contributed by atoms with Crippen LogP contribution in [0.1, 0.15) is 33.2 Å². The van der Waals surface area contributed by atoms with Gasteiger partial charge in [-0.15, -0.1) is 4.99 Å². The SMILES string of the molecule is COc1ccc(-n2nc3c(nc2=NC#N)C(Cc2ccccc2)C(=O)N(Cc2ccccc2)C3=O)c([N+](=O)[O-])c1. The third kappa shape index (κ3) is 4.91. The molecule has 1 atom stereocenters. The molecule has 0 radical (unpaired) electrons. The van der Waals surface area contributed by atoms with Gasteiger partial charge in [0, 0.05) is 0 Å². The molecule has 0 bridgehead atoms. The highest BCUT2D eigenvalue weighted by Gasteiger charge is 2.42. The summed E-state index contributed by atoms with van der Waals surface area (Å²) in [4.78, 5) is 48.0. The molecule has 12 heteroatoms. The molecule has 5 rings (SSSR count). The molecule has 0 spiro atoms. The van der Waals surface area contributed by atoms with Gasteiger partial charge in [-0.1, -0.05) is 60.7 Å². The van der Waals surface area contributed by atoms with Crippen LogP contribution in [0.3, 0.4) is 0 Å². The average Bonchev–Trinajstić information content (AvgIpc) is 2.98. The van der Waals surface area contributed by atoms with Crippen molar-refractivity contribution < 1.29 is 19.2 Å². The molecule has 12 nitrogen and oxygen atoms in total. The van der Waals surface area contributed by atoms with E-state index in [1.165, 1.54) is 25.3 Å². The van der Waals surface area contributed by atoms with Crippen molar-refractivity contribution in [2.75, 3.05) is 7.11 Å². The minimum atomic E-state index is -0.917. The van der Waals surface area contributed by atoms with E-state index in [4.69, 9.17) is 4.74 Å². The molecule has 2 heterocycles. The number of aromatic nitrogens is 3. The minimum absolute atomic E-state index is 0.00206. The van der Waals surface area contributed by atoms with Crippen LogP contribution in [0.4, 0.5) is 5.69 Å². The van der Waals surface area contributed by atoms with Crippen LogP contribution in [0.2, 0.25) is 0 Å².